The molecule has 0 aliphatic carbocycles. The molecule has 0 aliphatic rings. The lowest BCUT2D eigenvalue weighted by atomic mass is 10.1. The molecule has 1 unspecified atom stereocenters. The molecule has 0 saturated heterocycles. The van der Waals surface area contributed by atoms with E-state index in [1.807, 2.05) is 26.0 Å². The summed E-state index contributed by atoms with van der Waals surface area (Å²) in [6.45, 7) is 3.78. The summed E-state index contributed by atoms with van der Waals surface area (Å²) in [4.78, 5) is 0. The van der Waals surface area contributed by atoms with Crippen molar-refractivity contribution in [2.24, 2.45) is 5.73 Å². The van der Waals surface area contributed by atoms with E-state index in [2.05, 4.69) is 0 Å². The first-order valence-electron chi connectivity index (χ1n) is 4.29. The van der Waals surface area contributed by atoms with Gasteiger partial charge in [0.2, 0.25) is 0 Å². The molecule has 13 heavy (non-hydrogen) atoms. The summed E-state index contributed by atoms with van der Waals surface area (Å²) < 4.78 is 12.7. The number of aryl methyl sites for hydroxylation is 1. The molecule has 1 atom stereocenters. The van der Waals surface area contributed by atoms with E-state index in [0.29, 0.717) is 0 Å². The second kappa shape index (κ2) is 4.19. The van der Waals surface area contributed by atoms with Crippen LogP contribution >= 0.6 is 0 Å². The lowest BCUT2D eigenvalue weighted by Gasteiger charge is -2.00. The smallest absolute Gasteiger partial charge is 0.123 e. The van der Waals surface area contributed by atoms with Gasteiger partial charge in [0.15, 0.2) is 0 Å². The van der Waals surface area contributed by atoms with Crippen LogP contribution < -0.4 is 5.73 Å². The number of nitrogens with two attached hydrogens (primary N) is 1. The highest BCUT2D eigenvalue weighted by atomic mass is 19.1. The molecule has 0 heterocycles. The second-order valence-corrected chi connectivity index (χ2v) is 3.22. The molecule has 0 aliphatic heterocycles. The first-order valence-corrected chi connectivity index (χ1v) is 4.29. The average Bonchev–Trinajstić information content (AvgIpc) is 2.02. The molecular formula is C11H14FN. The minimum Gasteiger partial charge on any atom is -0.325 e. The second-order valence-electron chi connectivity index (χ2n) is 3.22. The third kappa shape index (κ3) is 2.99. The van der Waals surface area contributed by atoms with Gasteiger partial charge >= 0.3 is 0 Å². The van der Waals surface area contributed by atoms with Crippen molar-refractivity contribution in [3.05, 3.63) is 41.2 Å². The Balaban J connectivity index is 2.90. The molecule has 70 valence electrons. The van der Waals surface area contributed by atoms with Gasteiger partial charge in [0.1, 0.15) is 5.82 Å². The highest BCUT2D eigenvalue weighted by molar-refractivity contribution is 5.53. The third-order valence-corrected chi connectivity index (χ3v) is 1.81. The van der Waals surface area contributed by atoms with Gasteiger partial charge in [-0.1, -0.05) is 18.2 Å². The summed E-state index contributed by atoms with van der Waals surface area (Å²) in [6, 6.07) is 4.75. The summed E-state index contributed by atoms with van der Waals surface area (Å²) in [5.74, 6) is -0.199. The van der Waals surface area contributed by atoms with Crippen molar-refractivity contribution >= 4 is 6.08 Å². The van der Waals surface area contributed by atoms with Crippen LogP contribution in [0.5, 0.6) is 0 Å². The largest absolute Gasteiger partial charge is 0.325 e. The van der Waals surface area contributed by atoms with Crippen molar-refractivity contribution in [1.82, 2.24) is 0 Å². The van der Waals surface area contributed by atoms with Crippen LogP contribution in [0.3, 0.4) is 0 Å². The van der Waals surface area contributed by atoms with E-state index in [1.165, 1.54) is 12.1 Å². The summed E-state index contributed by atoms with van der Waals surface area (Å²) in [7, 11) is 0. The Kier molecular flexibility index (Phi) is 3.20. The summed E-state index contributed by atoms with van der Waals surface area (Å²) in [5.41, 5.74) is 7.50. The van der Waals surface area contributed by atoms with Crippen molar-refractivity contribution in [2.75, 3.05) is 0 Å². The van der Waals surface area contributed by atoms with Crippen LogP contribution in [0.25, 0.3) is 6.08 Å². The molecule has 2 N–H and O–H groups in total. The fourth-order valence-corrected chi connectivity index (χ4v) is 1.08. The van der Waals surface area contributed by atoms with E-state index in [9.17, 15) is 4.39 Å². The molecule has 1 aromatic rings. The van der Waals surface area contributed by atoms with E-state index in [1.54, 1.807) is 6.07 Å². The van der Waals surface area contributed by atoms with E-state index >= 15 is 0 Å². The van der Waals surface area contributed by atoms with Crippen LogP contribution in [0.15, 0.2) is 24.3 Å². The quantitative estimate of drug-likeness (QED) is 0.741. The molecule has 1 aromatic carbocycles. The van der Waals surface area contributed by atoms with E-state index in [0.717, 1.165) is 11.1 Å². The van der Waals surface area contributed by atoms with Crippen LogP contribution in [-0.2, 0) is 0 Å². The highest BCUT2D eigenvalue weighted by Gasteiger charge is 1.96. The fourth-order valence-electron chi connectivity index (χ4n) is 1.08. The zero-order valence-electron chi connectivity index (χ0n) is 7.92. The lowest BCUT2D eigenvalue weighted by molar-refractivity contribution is 0.626. The summed E-state index contributed by atoms with van der Waals surface area (Å²) in [5, 5.41) is 0. The van der Waals surface area contributed by atoms with Gasteiger partial charge in [0.25, 0.3) is 0 Å². The predicted octanol–water partition coefficient (Wildman–Crippen LogP) is 2.49. The number of hydrogen-bond acceptors (Lipinski definition) is 1. The fraction of sp³-hybridized carbons (Fsp3) is 0.273. The molecule has 1 nitrogen and oxygen atoms in total. The first-order chi connectivity index (χ1) is 6.09. The third-order valence-electron chi connectivity index (χ3n) is 1.81. The topological polar surface area (TPSA) is 26.0 Å². The van der Waals surface area contributed by atoms with Crippen molar-refractivity contribution in [3.63, 3.8) is 0 Å². The number of rotatable bonds is 2. The van der Waals surface area contributed by atoms with Gasteiger partial charge in [0.05, 0.1) is 0 Å². The first kappa shape index (κ1) is 9.93. The average molecular weight is 179 g/mol. The molecular weight excluding hydrogens is 165 g/mol. The van der Waals surface area contributed by atoms with Crippen molar-refractivity contribution in [3.8, 4) is 0 Å². The van der Waals surface area contributed by atoms with Crippen LogP contribution in [0.4, 0.5) is 4.39 Å². The monoisotopic (exact) mass is 179 g/mol. The molecule has 2 heteroatoms. The van der Waals surface area contributed by atoms with Crippen molar-refractivity contribution in [1.29, 1.82) is 0 Å². The SMILES string of the molecule is Cc1cc(F)ccc1/C=C/C(C)N. The molecule has 0 fully saturated rings. The van der Waals surface area contributed by atoms with Crippen LogP contribution in [0.2, 0.25) is 0 Å². The molecule has 0 spiro atoms. The van der Waals surface area contributed by atoms with Gasteiger partial charge in [-0.2, -0.15) is 0 Å². The maximum Gasteiger partial charge on any atom is 0.123 e. The van der Waals surface area contributed by atoms with E-state index in [-0.39, 0.29) is 11.9 Å². The van der Waals surface area contributed by atoms with Crippen molar-refractivity contribution in [2.45, 2.75) is 19.9 Å². The Bertz CT molecular complexity index is 316. The number of hydrogen-bond donors (Lipinski definition) is 1. The Morgan fingerprint density at radius 1 is 1.46 bits per heavy atom. The molecule has 0 bridgehead atoms. The molecule has 0 amide bonds. The minimum absolute atomic E-state index is 0.0319. The normalized spacial score (nSPS) is 13.5. The molecule has 0 saturated carbocycles. The van der Waals surface area contributed by atoms with E-state index in [4.69, 9.17) is 5.73 Å². The minimum atomic E-state index is -0.199. The Morgan fingerprint density at radius 2 is 2.15 bits per heavy atom. The lowest BCUT2D eigenvalue weighted by Crippen LogP contribution is -2.09. The molecule has 0 aromatic heterocycles. The van der Waals surface area contributed by atoms with Gasteiger partial charge in [-0.05, 0) is 37.1 Å². The number of halogens is 1. The summed E-state index contributed by atoms with van der Waals surface area (Å²) >= 11 is 0. The zero-order chi connectivity index (χ0) is 9.84. The Morgan fingerprint density at radius 3 is 2.69 bits per heavy atom. The summed E-state index contributed by atoms with van der Waals surface area (Å²) in [6.07, 6.45) is 3.81. The standard InChI is InChI=1S/C11H14FN/c1-8-7-11(12)6-5-10(8)4-3-9(2)13/h3-7,9H,13H2,1-2H3/b4-3+. The van der Waals surface area contributed by atoms with Gasteiger partial charge in [0, 0.05) is 6.04 Å². The highest BCUT2D eigenvalue weighted by Crippen LogP contribution is 2.11. The zero-order valence-corrected chi connectivity index (χ0v) is 7.92. The van der Waals surface area contributed by atoms with Gasteiger partial charge < -0.3 is 5.73 Å². The molecule has 0 radical (unpaired) electrons. The van der Waals surface area contributed by atoms with Crippen LogP contribution in [0, 0.1) is 12.7 Å². The van der Waals surface area contributed by atoms with Crippen molar-refractivity contribution < 1.29 is 4.39 Å². The number of benzene rings is 1. The Hall–Kier alpha value is -1.15. The molecule has 1 rings (SSSR count). The van der Waals surface area contributed by atoms with Gasteiger partial charge in [-0.25, -0.2) is 4.39 Å². The van der Waals surface area contributed by atoms with Gasteiger partial charge in [-0.3, -0.25) is 0 Å². The maximum absolute atomic E-state index is 12.7. The van der Waals surface area contributed by atoms with Crippen LogP contribution in [-0.4, -0.2) is 6.04 Å². The van der Waals surface area contributed by atoms with E-state index < -0.39 is 0 Å². The predicted molar refractivity (Wildman–Crippen MR) is 53.8 cm³/mol. The van der Waals surface area contributed by atoms with Gasteiger partial charge in [-0.15, -0.1) is 0 Å². The van der Waals surface area contributed by atoms with Crippen LogP contribution in [0.1, 0.15) is 18.1 Å². The Labute approximate surface area is 78.1 Å². The maximum atomic E-state index is 12.7.